The molecule has 0 amide bonds. The highest BCUT2D eigenvalue weighted by Gasteiger charge is 2.27. The first kappa shape index (κ1) is 17.3. The highest BCUT2D eigenvalue weighted by atomic mass is 16.7. The van der Waals surface area contributed by atoms with Crippen molar-refractivity contribution >= 4 is 0 Å². The van der Waals surface area contributed by atoms with Gasteiger partial charge in [0.2, 0.25) is 6.79 Å². The molecule has 0 saturated carbocycles. The molecule has 3 heterocycles. The molecule has 0 unspecified atom stereocenters. The lowest BCUT2D eigenvalue weighted by Crippen LogP contribution is -2.26. The molecule has 26 heavy (non-hydrogen) atoms. The van der Waals surface area contributed by atoms with Crippen LogP contribution >= 0.6 is 0 Å². The number of rotatable bonds is 5. The van der Waals surface area contributed by atoms with E-state index in [1.807, 2.05) is 22.9 Å². The third kappa shape index (κ3) is 3.41. The van der Waals surface area contributed by atoms with Crippen LogP contribution in [0.3, 0.4) is 0 Å². The molecule has 0 radical (unpaired) electrons. The second-order valence-corrected chi connectivity index (χ2v) is 6.92. The van der Waals surface area contributed by atoms with Gasteiger partial charge in [0.05, 0.1) is 18.3 Å². The molecule has 2 aromatic rings. The van der Waals surface area contributed by atoms with E-state index in [1.165, 1.54) is 19.3 Å². The standard InChI is InChI=1S/C19H26N4O3/c1-22-10-5-3-4-6-15(22)19-20-18(9-11-24-2)21-23(19)14-7-8-16-17(12-14)26-13-25-16/h7-8,12,15H,3-6,9-11,13H2,1-2H3/t15-/m0/s1. The highest BCUT2D eigenvalue weighted by Crippen LogP contribution is 2.35. The van der Waals surface area contributed by atoms with E-state index in [2.05, 4.69) is 11.9 Å². The van der Waals surface area contributed by atoms with E-state index in [9.17, 15) is 0 Å². The fourth-order valence-corrected chi connectivity index (χ4v) is 3.67. The van der Waals surface area contributed by atoms with Gasteiger partial charge in [0.15, 0.2) is 17.3 Å². The Bertz CT molecular complexity index is 761. The van der Waals surface area contributed by atoms with Gasteiger partial charge in [0, 0.05) is 19.6 Å². The molecule has 2 aliphatic rings. The van der Waals surface area contributed by atoms with Crippen LogP contribution in [0.2, 0.25) is 0 Å². The molecule has 4 rings (SSSR count). The average molecular weight is 358 g/mol. The van der Waals surface area contributed by atoms with E-state index in [4.69, 9.17) is 24.3 Å². The monoisotopic (exact) mass is 358 g/mol. The van der Waals surface area contributed by atoms with Crippen LogP contribution in [0.1, 0.15) is 43.4 Å². The van der Waals surface area contributed by atoms with Gasteiger partial charge in [-0.25, -0.2) is 9.67 Å². The highest BCUT2D eigenvalue weighted by molar-refractivity contribution is 5.50. The Kier molecular flexibility index (Phi) is 5.08. The fourth-order valence-electron chi connectivity index (χ4n) is 3.67. The quantitative estimate of drug-likeness (QED) is 0.819. The van der Waals surface area contributed by atoms with Crippen LogP contribution < -0.4 is 9.47 Å². The molecular formula is C19H26N4O3. The topological polar surface area (TPSA) is 61.6 Å². The lowest BCUT2D eigenvalue weighted by Gasteiger charge is -2.25. The fraction of sp³-hybridized carbons (Fsp3) is 0.579. The molecule has 0 bridgehead atoms. The molecule has 7 heteroatoms. The molecule has 1 atom stereocenters. The van der Waals surface area contributed by atoms with Gasteiger partial charge >= 0.3 is 0 Å². The summed E-state index contributed by atoms with van der Waals surface area (Å²) >= 11 is 0. The van der Waals surface area contributed by atoms with Crippen molar-refractivity contribution in [1.82, 2.24) is 19.7 Å². The van der Waals surface area contributed by atoms with Crippen molar-refractivity contribution in [2.45, 2.75) is 38.1 Å². The zero-order valence-corrected chi connectivity index (χ0v) is 15.5. The van der Waals surface area contributed by atoms with Crippen LogP contribution in [-0.2, 0) is 11.2 Å². The molecule has 7 nitrogen and oxygen atoms in total. The Morgan fingerprint density at radius 2 is 2.08 bits per heavy atom. The van der Waals surface area contributed by atoms with E-state index >= 15 is 0 Å². The van der Waals surface area contributed by atoms with E-state index in [0.717, 1.165) is 41.8 Å². The summed E-state index contributed by atoms with van der Waals surface area (Å²) in [7, 11) is 3.89. The smallest absolute Gasteiger partial charge is 0.231 e. The largest absolute Gasteiger partial charge is 0.454 e. The molecule has 2 aliphatic heterocycles. The van der Waals surface area contributed by atoms with Gasteiger partial charge in [-0.1, -0.05) is 12.8 Å². The molecular weight excluding hydrogens is 332 g/mol. The zero-order chi connectivity index (χ0) is 17.9. The summed E-state index contributed by atoms with van der Waals surface area (Å²) in [6, 6.07) is 6.21. The maximum absolute atomic E-state index is 5.54. The third-order valence-electron chi connectivity index (χ3n) is 5.13. The molecule has 1 aromatic carbocycles. The number of hydrogen-bond donors (Lipinski definition) is 0. The van der Waals surface area contributed by atoms with E-state index in [1.54, 1.807) is 7.11 Å². The minimum absolute atomic E-state index is 0.270. The average Bonchev–Trinajstić information content (AvgIpc) is 3.23. The number of hydrogen-bond acceptors (Lipinski definition) is 6. The first-order valence-electron chi connectivity index (χ1n) is 9.31. The van der Waals surface area contributed by atoms with E-state index < -0.39 is 0 Å². The Morgan fingerprint density at radius 3 is 2.96 bits per heavy atom. The van der Waals surface area contributed by atoms with Crippen LogP contribution in [0, 0.1) is 0 Å². The first-order valence-corrected chi connectivity index (χ1v) is 9.31. The predicted octanol–water partition coefficient (Wildman–Crippen LogP) is 2.73. The van der Waals surface area contributed by atoms with Crippen molar-refractivity contribution < 1.29 is 14.2 Å². The minimum atomic E-state index is 0.270. The number of fused-ring (bicyclic) bond motifs is 1. The second-order valence-electron chi connectivity index (χ2n) is 6.92. The van der Waals surface area contributed by atoms with E-state index in [0.29, 0.717) is 13.0 Å². The van der Waals surface area contributed by atoms with Crippen LogP contribution in [0.25, 0.3) is 5.69 Å². The molecule has 1 aromatic heterocycles. The van der Waals surface area contributed by atoms with Gasteiger partial charge in [-0.15, -0.1) is 0 Å². The number of benzene rings is 1. The molecule has 0 N–H and O–H groups in total. The molecule has 0 spiro atoms. The number of ether oxygens (including phenoxy) is 3. The SMILES string of the molecule is COCCc1nc([C@@H]2CCCCCN2C)n(-c2ccc3c(c2)OCO3)n1. The maximum Gasteiger partial charge on any atom is 0.231 e. The normalized spacial score (nSPS) is 20.3. The summed E-state index contributed by atoms with van der Waals surface area (Å²) in [5.74, 6) is 3.36. The third-order valence-corrected chi connectivity index (χ3v) is 5.13. The van der Waals surface area contributed by atoms with Crippen molar-refractivity contribution in [2.24, 2.45) is 0 Å². The molecule has 1 saturated heterocycles. The van der Waals surface area contributed by atoms with Crippen LogP contribution in [0.4, 0.5) is 0 Å². The molecule has 1 fully saturated rings. The van der Waals surface area contributed by atoms with Gasteiger partial charge < -0.3 is 14.2 Å². The van der Waals surface area contributed by atoms with Gasteiger partial charge in [0.25, 0.3) is 0 Å². The summed E-state index contributed by atoms with van der Waals surface area (Å²) in [5, 5.41) is 4.79. The van der Waals surface area contributed by atoms with Crippen LogP contribution in [-0.4, -0.2) is 53.8 Å². The summed E-state index contributed by atoms with van der Waals surface area (Å²) in [6.45, 7) is 1.98. The summed E-state index contributed by atoms with van der Waals surface area (Å²) in [4.78, 5) is 7.29. The van der Waals surface area contributed by atoms with Crippen molar-refractivity contribution in [1.29, 1.82) is 0 Å². The van der Waals surface area contributed by atoms with Crippen molar-refractivity contribution in [3.63, 3.8) is 0 Å². The number of aromatic nitrogens is 3. The van der Waals surface area contributed by atoms with E-state index in [-0.39, 0.29) is 12.8 Å². The Labute approximate surface area is 153 Å². The van der Waals surface area contributed by atoms with Crippen molar-refractivity contribution in [2.75, 3.05) is 34.1 Å². The molecule has 140 valence electrons. The first-order chi connectivity index (χ1) is 12.8. The summed E-state index contributed by atoms with van der Waals surface area (Å²) in [6.07, 6.45) is 5.54. The van der Waals surface area contributed by atoms with Gasteiger partial charge in [-0.3, -0.25) is 4.90 Å². The van der Waals surface area contributed by atoms with Crippen LogP contribution in [0.5, 0.6) is 11.5 Å². The second kappa shape index (κ2) is 7.63. The lowest BCUT2D eigenvalue weighted by molar-refractivity contribution is 0.174. The van der Waals surface area contributed by atoms with Crippen molar-refractivity contribution in [3.05, 3.63) is 29.8 Å². The maximum atomic E-state index is 5.54. The zero-order valence-electron chi connectivity index (χ0n) is 15.5. The van der Waals surface area contributed by atoms with Crippen LogP contribution in [0.15, 0.2) is 18.2 Å². The molecule has 0 aliphatic carbocycles. The predicted molar refractivity (Wildman–Crippen MR) is 96.9 cm³/mol. The van der Waals surface area contributed by atoms with Gasteiger partial charge in [-0.2, -0.15) is 5.10 Å². The Balaban J connectivity index is 1.73. The summed E-state index contributed by atoms with van der Waals surface area (Å²) < 4.78 is 18.2. The summed E-state index contributed by atoms with van der Waals surface area (Å²) in [5.41, 5.74) is 0.957. The minimum Gasteiger partial charge on any atom is -0.454 e. The van der Waals surface area contributed by atoms with Crippen molar-refractivity contribution in [3.8, 4) is 17.2 Å². The number of nitrogens with zero attached hydrogens (tertiary/aromatic N) is 4. The Morgan fingerprint density at radius 1 is 1.19 bits per heavy atom. The van der Waals surface area contributed by atoms with Gasteiger partial charge in [-0.05, 0) is 38.6 Å². The number of methoxy groups -OCH3 is 1. The Hall–Kier alpha value is -2.12. The van der Waals surface area contributed by atoms with Gasteiger partial charge in [0.1, 0.15) is 5.82 Å². The number of likely N-dealkylation sites (tertiary alicyclic amines) is 1. The lowest BCUT2D eigenvalue weighted by atomic mass is 10.1.